The van der Waals surface area contributed by atoms with Crippen LogP contribution in [-0.2, 0) is 13.6 Å². The minimum absolute atomic E-state index is 0.212. The van der Waals surface area contributed by atoms with Crippen LogP contribution in [0.4, 0.5) is 0 Å². The number of aromatic nitrogens is 5. The molecule has 0 bridgehead atoms. The zero-order chi connectivity index (χ0) is 10.8. The number of rotatable bonds is 1. The number of hydrogen-bond donors (Lipinski definition) is 0. The zero-order valence-corrected chi connectivity index (χ0v) is 8.43. The third-order valence-electron chi connectivity index (χ3n) is 2.03. The van der Waals surface area contributed by atoms with Crippen LogP contribution < -0.4 is 5.56 Å². The third-order valence-corrected chi connectivity index (χ3v) is 2.03. The maximum absolute atomic E-state index is 11.8. The van der Waals surface area contributed by atoms with Gasteiger partial charge < -0.3 is 0 Å². The summed E-state index contributed by atoms with van der Waals surface area (Å²) in [5, 5.41) is 12.1. The van der Waals surface area contributed by atoms with Crippen molar-refractivity contribution in [2.75, 3.05) is 0 Å². The van der Waals surface area contributed by atoms with Gasteiger partial charge in [-0.15, -0.1) is 11.0 Å². The van der Waals surface area contributed by atoms with Gasteiger partial charge in [0.2, 0.25) is 0 Å². The average Bonchev–Trinajstić information content (AvgIpc) is 2.61. The van der Waals surface area contributed by atoms with Crippen molar-refractivity contribution in [3.05, 3.63) is 16.6 Å². The van der Waals surface area contributed by atoms with Crippen molar-refractivity contribution >= 4 is 11.0 Å². The van der Waals surface area contributed by atoms with Gasteiger partial charge in [0.05, 0.1) is 6.20 Å². The fraction of sp³-hybridized carbons (Fsp3) is 0.333. The quantitative estimate of drug-likeness (QED) is 0.589. The van der Waals surface area contributed by atoms with Crippen LogP contribution in [0.1, 0.15) is 6.92 Å². The Hall–Kier alpha value is -2.16. The van der Waals surface area contributed by atoms with E-state index >= 15 is 0 Å². The smallest absolute Gasteiger partial charge is 0.267 e. The number of aryl methyl sites for hydroxylation is 1. The van der Waals surface area contributed by atoms with Gasteiger partial charge in [0.25, 0.3) is 5.56 Å². The summed E-state index contributed by atoms with van der Waals surface area (Å²) in [7, 11) is 1.71. The summed E-state index contributed by atoms with van der Waals surface area (Å²) in [6, 6.07) is 0. The summed E-state index contributed by atoms with van der Waals surface area (Å²) in [4.78, 5) is 11.8. The molecule has 0 aliphatic rings. The minimum atomic E-state index is -0.212. The van der Waals surface area contributed by atoms with Gasteiger partial charge in [0.15, 0.2) is 5.65 Å². The molecule has 0 aliphatic carbocycles. The fourth-order valence-electron chi connectivity index (χ4n) is 1.23. The van der Waals surface area contributed by atoms with E-state index in [-0.39, 0.29) is 12.1 Å². The molecule has 0 N–H and O–H groups in total. The van der Waals surface area contributed by atoms with Crippen LogP contribution in [0.5, 0.6) is 0 Å². The molecule has 15 heavy (non-hydrogen) atoms. The first kappa shape index (κ1) is 9.40. The van der Waals surface area contributed by atoms with Gasteiger partial charge in [0, 0.05) is 7.05 Å². The molecule has 0 aromatic carbocycles. The first-order valence-corrected chi connectivity index (χ1v) is 4.39. The highest BCUT2D eigenvalue weighted by Crippen LogP contribution is 2.00. The van der Waals surface area contributed by atoms with Crippen molar-refractivity contribution in [2.45, 2.75) is 13.5 Å². The highest BCUT2D eigenvalue weighted by atomic mass is 16.1. The van der Waals surface area contributed by atoms with E-state index < -0.39 is 0 Å². The molecule has 2 aromatic rings. The van der Waals surface area contributed by atoms with Gasteiger partial charge in [-0.1, -0.05) is 11.1 Å². The Bertz CT molecular complexity index is 613. The molecule has 2 rings (SSSR count). The lowest BCUT2D eigenvalue weighted by Crippen LogP contribution is -2.23. The molecule has 0 spiro atoms. The second kappa shape index (κ2) is 3.53. The summed E-state index contributed by atoms with van der Waals surface area (Å²) >= 11 is 0. The van der Waals surface area contributed by atoms with Crippen LogP contribution in [0.15, 0.2) is 11.0 Å². The lowest BCUT2D eigenvalue weighted by molar-refractivity contribution is 0.613. The number of hydrogen-bond acceptors (Lipinski definition) is 4. The molecule has 76 valence electrons. The predicted molar refractivity (Wildman–Crippen MR) is 54.0 cm³/mol. The van der Waals surface area contributed by atoms with E-state index in [0.29, 0.717) is 11.0 Å². The van der Waals surface area contributed by atoms with Crippen molar-refractivity contribution in [1.29, 1.82) is 0 Å². The SMILES string of the molecule is CC#CCn1nnc2c(cnn2C)c1=O. The fourth-order valence-corrected chi connectivity index (χ4v) is 1.23. The molecule has 2 aromatic heterocycles. The molecule has 0 unspecified atom stereocenters. The zero-order valence-electron chi connectivity index (χ0n) is 8.43. The van der Waals surface area contributed by atoms with E-state index in [1.807, 2.05) is 0 Å². The van der Waals surface area contributed by atoms with Crippen molar-refractivity contribution in [2.24, 2.45) is 7.05 Å². The second-order valence-electron chi connectivity index (χ2n) is 2.98. The lowest BCUT2D eigenvalue weighted by Gasteiger charge is -1.97. The number of fused-ring (bicyclic) bond motifs is 1. The molecule has 0 aliphatic heterocycles. The summed E-state index contributed by atoms with van der Waals surface area (Å²) in [5.41, 5.74) is 0.275. The van der Waals surface area contributed by atoms with Crippen LogP contribution >= 0.6 is 0 Å². The first-order chi connectivity index (χ1) is 7.24. The van der Waals surface area contributed by atoms with Gasteiger partial charge in [-0.3, -0.25) is 4.79 Å². The van der Waals surface area contributed by atoms with E-state index in [9.17, 15) is 4.79 Å². The lowest BCUT2D eigenvalue weighted by atomic mass is 10.4. The summed E-state index contributed by atoms with van der Waals surface area (Å²) < 4.78 is 2.74. The van der Waals surface area contributed by atoms with Gasteiger partial charge in [0.1, 0.15) is 11.9 Å². The van der Waals surface area contributed by atoms with E-state index in [1.165, 1.54) is 15.6 Å². The van der Waals surface area contributed by atoms with Crippen molar-refractivity contribution in [3.63, 3.8) is 0 Å². The van der Waals surface area contributed by atoms with Gasteiger partial charge in [-0.2, -0.15) is 9.78 Å². The molecule has 0 radical (unpaired) electrons. The Balaban J connectivity index is 2.64. The van der Waals surface area contributed by atoms with Crippen LogP contribution in [0.2, 0.25) is 0 Å². The highest BCUT2D eigenvalue weighted by molar-refractivity contribution is 5.72. The van der Waals surface area contributed by atoms with Gasteiger partial charge in [-0.25, -0.2) is 4.68 Å². The van der Waals surface area contributed by atoms with E-state index in [4.69, 9.17) is 0 Å². The average molecular weight is 203 g/mol. The normalized spacial score (nSPS) is 10.0. The van der Waals surface area contributed by atoms with Gasteiger partial charge >= 0.3 is 0 Å². The molecule has 6 heteroatoms. The van der Waals surface area contributed by atoms with Crippen molar-refractivity contribution < 1.29 is 0 Å². The van der Waals surface area contributed by atoms with E-state index in [2.05, 4.69) is 27.3 Å². The Morgan fingerprint density at radius 2 is 2.33 bits per heavy atom. The minimum Gasteiger partial charge on any atom is -0.267 e. The van der Waals surface area contributed by atoms with Crippen molar-refractivity contribution in [3.8, 4) is 11.8 Å². The molecule has 0 saturated carbocycles. The first-order valence-electron chi connectivity index (χ1n) is 4.39. The summed E-state index contributed by atoms with van der Waals surface area (Å²) in [5.74, 6) is 5.46. The maximum Gasteiger partial charge on any atom is 0.281 e. The molecule has 0 amide bonds. The topological polar surface area (TPSA) is 65.6 Å². The molecule has 0 atom stereocenters. The van der Waals surface area contributed by atoms with Crippen LogP contribution in [-0.4, -0.2) is 24.8 Å². The molecule has 6 nitrogen and oxygen atoms in total. The van der Waals surface area contributed by atoms with Crippen LogP contribution in [0.3, 0.4) is 0 Å². The summed E-state index contributed by atoms with van der Waals surface area (Å²) in [6.07, 6.45) is 1.49. The van der Waals surface area contributed by atoms with Crippen LogP contribution in [0.25, 0.3) is 11.0 Å². The van der Waals surface area contributed by atoms with E-state index in [1.54, 1.807) is 14.0 Å². The molecule has 0 saturated heterocycles. The third kappa shape index (κ3) is 1.48. The Kier molecular flexibility index (Phi) is 2.21. The predicted octanol–water partition coefficient (Wildman–Crippen LogP) is -0.452. The maximum atomic E-state index is 11.8. The van der Waals surface area contributed by atoms with Crippen LogP contribution in [0, 0.1) is 11.8 Å². The van der Waals surface area contributed by atoms with Crippen molar-refractivity contribution in [1.82, 2.24) is 24.8 Å². The summed E-state index contributed by atoms with van der Waals surface area (Å²) in [6.45, 7) is 1.97. The monoisotopic (exact) mass is 203 g/mol. The van der Waals surface area contributed by atoms with E-state index in [0.717, 1.165) is 0 Å². The highest BCUT2D eigenvalue weighted by Gasteiger charge is 2.07. The largest absolute Gasteiger partial charge is 0.281 e. The molecular formula is C9H9N5O. The molecular weight excluding hydrogens is 194 g/mol. The second-order valence-corrected chi connectivity index (χ2v) is 2.98. The number of nitrogens with zero attached hydrogens (tertiary/aromatic N) is 5. The Morgan fingerprint density at radius 3 is 3.07 bits per heavy atom. The standard InChI is InChI=1S/C9H9N5O/c1-3-4-5-14-9(15)7-6-10-13(2)8(7)11-12-14/h6H,5H2,1-2H3. The molecule has 0 fully saturated rings. The Morgan fingerprint density at radius 1 is 1.53 bits per heavy atom. The van der Waals surface area contributed by atoms with Gasteiger partial charge in [-0.05, 0) is 6.92 Å². The Labute approximate surface area is 85.5 Å². The molecule has 2 heterocycles.